The van der Waals surface area contributed by atoms with Crippen molar-refractivity contribution in [2.45, 2.75) is 27.2 Å². The van der Waals surface area contributed by atoms with Crippen molar-refractivity contribution in [3.8, 4) is 0 Å². The summed E-state index contributed by atoms with van der Waals surface area (Å²) in [6.07, 6.45) is 0.177. The van der Waals surface area contributed by atoms with Gasteiger partial charge in [0.2, 0.25) is 11.8 Å². The van der Waals surface area contributed by atoms with Gasteiger partial charge in [-0.25, -0.2) is 0 Å². The molecule has 0 radical (unpaired) electrons. The van der Waals surface area contributed by atoms with Gasteiger partial charge in [-0.15, -0.1) is 0 Å². The van der Waals surface area contributed by atoms with Crippen LogP contribution in [0.2, 0.25) is 0 Å². The number of nitrogens with zero attached hydrogens (tertiary/aromatic N) is 2. The van der Waals surface area contributed by atoms with Crippen LogP contribution in [0.4, 0.5) is 11.4 Å². The van der Waals surface area contributed by atoms with Crippen LogP contribution in [-0.2, 0) is 9.59 Å². The molecule has 1 aliphatic rings. The Balaban J connectivity index is 1.38. The third-order valence-corrected chi connectivity index (χ3v) is 5.80. The van der Waals surface area contributed by atoms with E-state index in [2.05, 4.69) is 10.7 Å². The molecular weight excluding hydrogens is 404 g/mol. The lowest BCUT2D eigenvalue weighted by atomic mass is 10.1. The van der Waals surface area contributed by atoms with E-state index in [4.69, 9.17) is 0 Å². The molecule has 2 N–H and O–H groups in total. The number of hydrogen-bond donors (Lipinski definition) is 2. The van der Waals surface area contributed by atoms with Gasteiger partial charge < -0.3 is 10.2 Å². The summed E-state index contributed by atoms with van der Waals surface area (Å²) in [6, 6.07) is 18.2. The van der Waals surface area contributed by atoms with Crippen molar-refractivity contribution in [3.05, 3.63) is 83.2 Å². The molecule has 32 heavy (non-hydrogen) atoms. The number of anilines is 2. The Kier molecular flexibility index (Phi) is 5.81. The number of carbonyl (C=O) groups excluding carboxylic acids is 3. The first-order valence-corrected chi connectivity index (χ1v) is 10.6. The molecule has 1 saturated heterocycles. The summed E-state index contributed by atoms with van der Waals surface area (Å²) >= 11 is 0. The number of rotatable bonds is 5. The molecule has 2 heterocycles. The standard InChI is InChI=1S/C25H26N4O3/c1-16-6-4-5-7-22(16)28-15-20(14-23(28)30)24(31)26-21-12-10-19(11-13-21)25(32)27-29-17(2)8-9-18(29)3/h4-13,20H,14-15H2,1-3H3,(H,26,31)(H,27,32)/t20-/m1/s1. The number of para-hydroxylation sites is 1. The van der Waals surface area contributed by atoms with Gasteiger partial charge >= 0.3 is 0 Å². The van der Waals surface area contributed by atoms with Crippen molar-refractivity contribution >= 4 is 29.1 Å². The Labute approximate surface area is 187 Å². The molecule has 0 aliphatic carbocycles. The minimum Gasteiger partial charge on any atom is -0.326 e. The smallest absolute Gasteiger partial charge is 0.270 e. The molecule has 3 amide bonds. The summed E-state index contributed by atoms with van der Waals surface area (Å²) < 4.78 is 1.73. The average molecular weight is 431 g/mol. The third-order valence-electron chi connectivity index (χ3n) is 5.80. The summed E-state index contributed by atoms with van der Waals surface area (Å²) in [5, 5.41) is 2.87. The van der Waals surface area contributed by atoms with E-state index in [1.807, 2.05) is 57.2 Å². The van der Waals surface area contributed by atoms with E-state index in [0.29, 0.717) is 17.8 Å². The Morgan fingerprint density at radius 1 is 0.906 bits per heavy atom. The van der Waals surface area contributed by atoms with E-state index in [1.165, 1.54) is 0 Å². The van der Waals surface area contributed by atoms with Crippen LogP contribution in [0, 0.1) is 26.7 Å². The molecule has 0 bridgehead atoms. The van der Waals surface area contributed by atoms with E-state index in [1.54, 1.807) is 33.8 Å². The highest BCUT2D eigenvalue weighted by Crippen LogP contribution is 2.28. The summed E-state index contributed by atoms with van der Waals surface area (Å²) in [5.41, 5.74) is 7.64. The Bertz CT molecular complexity index is 1160. The van der Waals surface area contributed by atoms with Gasteiger partial charge in [0.1, 0.15) is 0 Å². The molecule has 0 unspecified atom stereocenters. The highest BCUT2D eigenvalue weighted by Gasteiger charge is 2.35. The highest BCUT2D eigenvalue weighted by molar-refractivity contribution is 6.04. The third kappa shape index (κ3) is 4.27. The molecule has 7 heteroatoms. The molecule has 2 aromatic carbocycles. The van der Waals surface area contributed by atoms with Crippen LogP contribution < -0.4 is 15.6 Å². The molecule has 1 fully saturated rings. The lowest BCUT2D eigenvalue weighted by Gasteiger charge is -2.19. The zero-order valence-corrected chi connectivity index (χ0v) is 18.4. The van der Waals surface area contributed by atoms with E-state index in [0.717, 1.165) is 22.6 Å². The van der Waals surface area contributed by atoms with Crippen LogP contribution in [0.15, 0.2) is 60.7 Å². The summed E-state index contributed by atoms with van der Waals surface area (Å²) in [5.74, 6) is -0.919. The monoisotopic (exact) mass is 430 g/mol. The van der Waals surface area contributed by atoms with Crippen LogP contribution in [0.25, 0.3) is 0 Å². The van der Waals surface area contributed by atoms with Crippen LogP contribution in [0.5, 0.6) is 0 Å². The van der Waals surface area contributed by atoms with Gasteiger partial charge in [-0.3, -0.25) is 24.5 Å². The van der Waals surface area contributed by atoms with Gasteiger partial charge in [0.05, 0.1) is 5.92 Å². The van der Waals surface area contributed by atoms with Crippen LogP contribution >= 0.6 is 0 Å². The number of amides is 3. The minimum absolute atomic E-state index is 0.0536. The number of nitrogens with one attached hydrogen (secondary N) is 2. The van der Waals surface area contributed by atoms with Gasteiger partial charge in [-0.05, 0) is 68.8 Å². The van der Waals surface area contributed by atoms with E-state index < -0.39 is 5.92 Å². The zero-order valence-electron chi connectivity index (χ0n) is 18.4. The Morgan fingerprint density at radius 3 is 2.22 bits per heavy atom. The van der Waals surface area contributed by atoms with Crippen molar-refractivity contribution in [2.75, 3.05) is 22.2 Å². The van der Waals surface area contributed by atoms with Crippen LogP contribution in [0.3, 0.4) is 0 Å². The fraction of sp³-hybridized carbons (Fsp3) is 0.240. The van der Waals surface area contributed by atoms with E-state index >= 15 is 0 Å². The van der Waals surface area contributed by atoms with Crippen molar-refractivity contribution < 1.29 is 14.4 Å². The Morgan fingerprint density at radius 2 is 1.56 bits per heavy atom. The van der Waals surface area contributed by atoms with Gasteiger partial charge in [0.25, 0.3) is 5.91 Å². The second-order valence-electron chi connectivity index (χ2n) is 8.15. The van der Waals surface area contributed by atoms with Gasteiger partial charge in [0, 0.05) is 41.3 Å². The largest absolute Gasteiger partial charge is 0.326 e. The number of benzene rings is 2. The van der Waals surface area contributed by atoms with Crippen molar-refractivity contribution in [3.63, 3.8) is 0 Å². The van der Waals surface area contributed by atoms with Crippen molar-refractivity contribution in [1.82, 2.24) is 4.68 Å². The normalized spacial score (nSPS) is 15.7. The molecule has 0 saturated carbocycles. The predicted molar refractivity (Wildman–Crippen MR) is 124 cm³/mol. The van der Waals surface area contributed by atoms with Gasteiger partial charge in [-0.1, -0.05) is 18.2 Å². The number of hydrogen-bond acceptors (Lipinski definition) is 3. The molecular formula is C25H26N4O3. The van der Waals surface area contributed by atoms with E-state index in [9.17, 15) is 14.4 Å². The summed E-state index contributed by atoms with van der Waals surface area (Å²) in [6.45, 7) is 6.14. The number of carbonyl (C=O) groups is 3. The SMILES string of the molecule is Cc1ccccc1N1C[C@H](C(=O)Nc2ccc(C(=O)Nn3c(C)ccc3C)cc2)CC1=O. The molecule has 7 nitrogen and oxygen atoms in total. The van der Waals surface area contributed by atoms with Gasteiger partial charge in [-0.2, -0.15) is 0 Å². The lowest BCUT2D eigenvalue weighted by molar-refractivity contribution is -0.122. The molecule has 1 atom stereocenters. The summed E-state index contributed by atoms with van der Waals surface area (Å²) in [4.78, 5) is 39.5. The van der Waals surface area contributed by atoms with Crippen LogP contribution in [0.1, 0.15) is 33.7 Å². The predicted octanol–water partition coefficient (Wildman–Crippen LogP) is 3.79. The number of aromatic nitrogens is 1. The maximum atomic E-state index is 12.8. The highest BCUT2D eigenvalue weighted by atomic mass is 16.2. The first-order chi connectivity index (χ1) is 15.3. The van der Waals surface area contributed by atoms with E-state index in [-0.39, 0.29) is 24.1 Å². The quantitative estimate of drug-likeness (QED) is 0.646. The molecule has 3 aromatic rings. The first kappa shape index (κ1) is 21.4. The fourth-order valence-corrected chi connectivity index (χ4v) is 3.94. The Hall–Kier alpha value is -3.87. The topological polar surface area (TPSA) is 83.4 Å². The van der Waals surface area contributed by atoms with Gasteiger partial charge in [0.15, 0.2) is 0 Å². The fourth-order valence-electron chi connectivity index (χ4n) is 3.94. The van der Waals surface area contributed by atoms with Crippen LogP contribution in [-0.4, -0.2) is 28.9 Å². The molecule has 1 aliphatic heterocycles. The lowest BCUT2D eigenvalue weighted by Crippen LogP contribution is -2.28. The molecule has 1 aromatic heterocycles. The first-order valence-electron chi connectivity index (χ1n) is 10.6. The second-order valence-corrected chi connectivity index (χ2v) is 8.15. The minimum atomic E-state index is -0.426. The average Bonchev–Trinajstić information content (AvgIpc) is 3.31. The maximum Gasteiger partial charge on any atom is 0.270 e. The second kappa shape index (κ2) is 8.70. The molecule has 4 rings (SSSR count). The molecule has 0 spiro atoms. The maximum absolute atomic E-state index is 12.8. The zero-order chi connectivity index (χ0) is 22.8. The molecule has 164 valence electrons. The summed E-state index contributed by atoms with van der Waals surface area (Å²) in [7, 11) is 0. The number of aryl methyl sites for hydroxylation is 3. The van der Waals surface area contributed by atoms with Crippen molar-refractivity contribution in [2.24, 2.45) is 5.92 Å². The van der Waals surface area contributed by atoms with Crippen molar-refractivity contribution in [1.29, 1.82) is 0 Å².